The second-order valence-corrected chi connectivity index (χ2v) is 6.34. The Bertz CT molecular complexity index is 359. The average Bonchev–Trinajstić information content (AvgIpc) is 2.40. The summed E-state index contributed by atoms with van der Waals surface area (Å²) in [5, 5.41) is 2.90. The molecule has 1 aliphatic rings. The number of rotatable bonds is 7. The molecule has 1 fully saturated rings. The molecule has 1 aliphatic heterocycles. The highest BCUT2D eigenvalue weighted by Gasteiger charge is 2.52. The van der Waals surface area contributed by atoms with Gasteiger partial charge in [0.15, 0.2) is 0 Å². The van der Waals surface area contributed by atoms with E-state index in [9.17, 15) is 9.59 Å². The molecule has 1 N–H and O–H groups in total. The normalized spacial score (nSPS) is 20.9. The fraction of sp³-hybridized carbons (Fsp3) is 0.875. The molecule has 0 aromatic rings. The lowest BCUT2D eigenvalue weighted by Gasteiger charge is -2.50. The van der Waals surface area contributed by atoms with E-state index in [-0.39, 0.29) is 11.8 Å². The van der Waals surface area contributed by atoms with Crippen LogP contribution >= 0.6 is 0 Å². The SMILES string of the molecule is CCCCCCN1C(=O)C(C)(C)NC(=O)C1(CC)CC. The van der Waals surface area contributed by atoms with Crippen LogP contribution in [0.25, 0.3) is 0 Å². The van der Waals surface area contributed by atoms with Gasteiger partial charge in [-0.05, 0) is 33.1 Å². The summed E-state index contributed by atoms with van der Waals surface area (Å²) in [6, 6.07) is 0. The van der Waals surface area contributed by atoms with Crippen LogP contribution in [0.3, 0.4) is 0 Å². The van der Waals surface area contributed by atoms with Gasteiger partial charge in [-0.3, -0.25) is 9.59 Å². The Morgan fingerprint density at radius 3 is 2.10 bits per heavy atom. The highest BCUT2D eigenvalue weighted by Crippen LogP contribution is 2.32. The molecule has 1 saturated heterocycles. The van der Waals surface area contributed by atoms with E-state index in [0.717, 1.165) is 12.8 Å². The molecule has 20 heavy (non-hydrogen) atoms. The lowest BCUT2D eigenvalue weighted by molar-refractivity contribution is -0.162. The van der Waals surface area contributed by atoms with Crippen molar-refractivity contribution in [2.45, 2.75) is 84.2 Å². The van der Waals surface area contributed by atoms with Crippen molar-refractivity contribution in [2.75, 3.05) is 6.54 Å². The van der Waals surface area contributed by atoms with Gasteiger partial charge < -0.3 is 10.2 Å². The van der Waals surface area contributed by atoms with Crippen molar-refractivity contribution in [1.82, 2.24) is 10.2 Å². The summed E-state index contributed by atoms with van der Waals surface area (Å²) in [7, 11) is 0. The monoisotopic (exact) mass is 282 g/mol. The van der Waals surface area contributed by atoms with Crippen molar-refractivity contribution in [3.05, 3.63) is 0 Å². The van der Waals surface area contributed by atoms with Crippen LogP contribution in [-0.2, 0) is 9.59 Å². The summed E-state index contributed by atoms with van der Waals surface area (Å²) < 4.78 is 0. The second kappa shape index (κ2) is 6.59. The molecule has 0 radical (unpaired) electrons. The topological polar surface area (TPSA) is 49.4 Å². The standard InChI is InChI=1S/C16H30N2O2/c1-6-9-10-11-12-18-14(20)15(4,5)17-13(19)16(18,7-2)8-3/h6-12H2,1-5H3,(H,17,19). The molecule has 0 spiro atoms. The minimum atomic E-state index is -0.782. The maximum absolute atomic E-state index is 12.7. The molecule has 1 rings (SSSR count). The first kappa shape index (κ1) is 17.0. The first-order chi connectivity index (χ1) is 9.35. The molecule has 0 aromatic carbocycles. The Morgan fingerprint density at radius 1 is 1.00 bits per heavy atom. The average molecular weight is 282 g/mol. The van der Waals surface area contributed by atoms with Crippen LogP contribution in [0.1, 0.15) is 73.1 Å². The fourth-order valence-electron chi connectivity index (χ4n) is 3.07. The first-order valence-electron chi connectivity index (χ1n) is 8.00. The van der Waals surface area contributed by atoms with Gasteiger partial charge in [-0.25, -0.2) is 0 Å². The van der Waals surface area contributed by atoms with E-state index < -0.39 is 11.1 Å². The summed E-state index contributed by atoms with van der Waals surface area (Å²) in [6.45, 7) is 10.4. The van der Waals surface area contributed by atoms with Gasteiger partial charge in [0.2, 0.25) is 11.8 Å². The van der Waals surface area contributed by atoms with Crippen LogP contribution in [0.5, 0.6) is 0 Å². The summed E-state index contributed by atoms with van der Waals surface area (Å²) in [6.07, 6.45) is 5.79. The van der Waals surface area contributed by atoms with E-state index in [4.69, 9.17) is 0 Å². The summed E-state index contributed by atoms with van der Waals surface area (Å²) in [5.41, 5.74) is -1.44. The number of nitrogens with zero attached hydrogens (tertiary/aromatic N) is 1. The smallest absolute Gasteiger partial charge is 0.248 e. The van der Waals surface area contributed by atoms with Gasteiger partial charge in [0.1, 0.15) is 11.1 Å². The van der Waals surface area contributed by atoms with E-state index in [0.29, 0.717) is 19.4 Å². The molecule has 1 heterocycles. The highest BCUT2D eigenvalue weighted by atomic mass is 16.2. The third-order valence-corrected chi connectivity index (χ3v) is 4.55. The van der Waals surface area contributed by atoms with Gasteiger partial charge >= 0.3 is 0 Å². The minimum absolute atomic E-state index is 0.00240. The van der Waals surface area contributed by atoms with E-state index in [1.54, 1.807) is 13.8 Å². The quantitative estimate of drug-likeness (QED) is 0.730. The molecule has 2 amide bonds. The number of unbranched alkanes of at least 4 members (excludes halogenated alkanes) is 3. The zero-order chi connectivity index (χ0) is 15.4. The Balaban J connectivity index is 2.95. The van der Waals surface area contributed by atoms with Gasteiger partial charge in [-0.1, -0.05) is 40.0 Å². The largest absolute Gasteiger partial charge is 0.340 e. The number of piperazine rings is 1. The molecular weight excluding hydrogens is 252 g/mol. The van der Waals surface area contributed by atoms with Gasteiger partial charge in [0.05, 0.1) is 0 Å². The number of hydrogen-bond acceptors (Lipinski definition) is 2. The molecule has 0 atom stereocenters. The first-order valence-corrected chi connectivity index (χ1v) is 8.00. The predicted octanol–water partition coefficient (Wildman–Crippen LogP) is 2.86. The Morgan fingerprint density at radius 2 is 1.60 bits per heavy atom. The second-order valence-electron chi connectivity index (χ2n) is 6.34. The highest BCUT2D eigenvalue weighted by molar-refractivity contribution is 6.01. The van der Waals surface area contributed by atoms with Crippen LogP contribution in [0.4, 0.5) is 0 Å². The number of hydrogen-bond donors (Lipinski definition) is 1. The zero-order valence-electron chi connectivity index (χ0n) is 13.7. The summed E-state index contributed by atoms with van der Waals surface area (Å²) in [4.78, 5) is 27.1. The van der Waals surface area contributed by atoms with Crippen molar-refractivity contribution in [3.63, 3.8) is 0 Å². The molecule has 4 heteroatoms. The lowest BCUT2D eigenvalue weighted by atomic mass is 9.82. The van der Waals surface area contributed by atoms with Crippen molar-refractivity contribution in [1.29, 1.82) is 0 Å². The lowest BCUT2D eigenvalue weighted by Crippen LogP contribution is -2.74. The van der Waals surface area contributed by atoms with Crippen LogP contribution in [0, 0.1) is 0 Å². The third kappa shape index (κ3) is 2.99. The van der Waals surface area contributed by atoms with Crippen molar-refractivity contribution in [2.24, 2.45) is 0 Å². The van der Waals surface area contributed by atoms with Crippen LogP contribution in [0.15, 0.2) is 0 Å². The molecular formula is C16H30N2O2. The van der Waals surface area contributed by atoms with Crippen LogP contribution in [-0.4, -0.2) is 34.3 Å². The predicted molar refractivity (Wildman–Crippen MR) is 81.4 cm³/mol. The van der Waals surface area contributed by atoms with Crippen LogP contribution < -0.4 is 5.32 Å². The van der Waals surface area contributed by atoms with Crippen molar-refractivity contribution < 1.29 is 9.59 Å². The maximum atomic E-state index is 12.7. The fourth-order valence-corrected chi connectivity index (χ4v) is 3.07. The summed E-state index contributed by atoms with van der Waals surface area (Å²) >= 11 is 0. The number of carbonyl (C=O) groups excluding carboxylic acids is 2. The molecule has 0 bridgehead atoms. The molecule has 0 aromatic heterocycles. The number of nitrogens with one attached hydrogen (secondary N) is 1. The number of amides is 2. The summed E-state index contributed by atoms with van der Waals surface area (Å²) in [5.74, 6) is 0.0555. The van der Waals surface area contributed by atoms with E-state index in [1.165, 1.54) is 12.8 Å². The van der Waals surface area contributed by atoms with E-state index in [1.807, 2.05) is 18.7 Å². The Labute approximate surface area is 123 Å². The minimum Gasteiger partial charge on any atom is -0.340 e. The van der Waals surface area contributed by atoms with Gasteiger partial charge in [0, 0.05) is 6.54 Å². The van der Waals surface area contributed by atoms with Crippen LogP contribution in [0.2, 0.25) is 0 Å². The molecule has 116 valence electrons. The zero-order valence-corrected chi connectivity index (χ0v) is 13.7. The number of carbonyl (C=O) groups is 2. The molecule has 0 aliphatic carbocycles. The van der Waals surface area contributed by atoms with Gasteiger partial charge in [0.25, 0.3) is 0 Å². The van der Waals surface area contributed by atoms with Crippen molar-refractivity contribution in [3.8, 4) is 0 Å². The van der Waals surface area contributed by atoms with Gasteiger partial charge in [-0.15, -0.1) is 0 Å². The molecule has 4 nitrogen and oxygen atoms in total. The maximum Gasteiger partial charge on any atom is 0.248 e. The van der Waals surface area contributed by atoms with E-state index in [2.05, 4.69) is 12.2 Å². The Hall–Kier alpha value is -1.06. The van der Waals surface area contributed by atoms with Gasteiger partial charge in [-0.2, -0.15) is 0 Å². The molecule has 0 saturated carbocycles. The van der Waals surface area contributed by atoms with Crippen molar-refractivity contribution >= 4 is 11.8 Å². The Kier molecular flexibility index (Phi) is 5.60. The van der Waals surface area contributed by atoms with E-state index >= 15 is 0 Å². The third-order valence-electron chi connectivity index (χ3n) is 4.55. The molecule has 0 unspecified atom stereocenters.